The Kier molecular flexibility index (Phi) is 5.28. The van der Waals surface area contributed by atoms with Crippen LogP contribution in [0.25, 0.3) is 0 Å². The van der Waals surface area contributed by atoms with Gasteiger partial charge >= 0.3 is 0 Å². The van der Waals surface area contributed by atoms with Crippen molar-refractivity contribution in [3.63, 3.8) is 0 Å². The molecule has 3 N–H and O–H groups in total. The van der Waals surface area contributed by atoms with Gasteiger partial charge in [-0.15, -0.1) is 11.8 Å². The molecule has 0 bridgehead atoms. The zero-order chi connectivity index (χ0) is 13.6. The number of amides is 1. The summed E-state index contributed by atoms with van der Waals surface area (Å²) in [6.07, 6.45) is 4.03. The molecule has 19 heavy (non-hydrogen) atoms. The Balaban J connectivity index is 1.62. The van der Waals surface area contributed by atoms with Crippen molar-refractivity contribution in [3.8, 4) is 0 Å². The van der Waals surface area contributed by atoms with Crippen molar-refractivity contribution in [2.24, 2.45) is 11.1 Å². The van der Waals surface area contributed by atoms with Crippen LogP contribution in [0.15, 0.2) is 35.2 Å². The number of hydrogen-bond acceptors (Lipinski definition) is 3. The minimum Gasteiger partial charge on any atom is -0.355 e. The second-order valence-corrected chi connectivity index (χ2v) is 6.41. The van der Waals surface area contributed by atoms with Gasteiger partial charge in [0, 0.05) is 23.6 Å². The monoisotopic (exact) mass is 278 g/mol. The molecule has 4 heteroatoms. The van der Waals surface area contributed by atoms with Crippen LogP contribution in [0.4, 0.5) is 0 Å². The Morgan fingerprint density at radius 3 is 2.63 bits per heavy atom. The number of carbonyl (C=O) groups is 1. The number of benzene rings is 1. The first kappa shape index (κ1) is 14.4. The summed E-state index contributed by atoms with van der Waals surface area (Å²) in [5.74, 6) is 1.06. The molecule has 0 aliphatic heterocycles. The van der Waals surface area contributed by atoms with E-state index in [1.807, 2.05) is 18.2 Å². The molecule has 0 heterocycles. The molecule has 104 valence electrons. The van der Waals surface area contributed by atoms with Crippen molar-refractivity contribution in [3.05, 3.63) is 30.3 Å². The largest absolute Gasteiger partial charge is 0.355 e. The molecule has 1 aliphatic rings. The molecule has 0 atom stereocenters. The van der Waals surface area contributed by atoms with Crippen LogP contribution in [-0.4, -0.2) is 24.7 Å². The highest BCUT2D eigenvalue weighted by Crippen LogP contribution is 2.42. The van der Waals surface area contributed by atoms with Crippen LogP contribution in [0.2, 0.25) is 0 Å². The fourth-order valence-corrected chi connectivity index (χ4v) is 3.20. The van der Waals surface area contributed by atoms with E-state index in [0.29, 0.717) is 13.0 Å². The second kappa shape index (κ2) is 6.96. The highest BCUT2D eigenvalue weighted by molar-refractivity contribution is 7.99. The number of carbonyl (C=O) groups excluding carboxylic acids is 1. The highest BCUT2D eigenvalue weighted by atomic mass is 32.2. The van der Waals surface area contributed by atoms with Gasteiger partial charge in [0.1, 0.15) is 0 Å². The maximum Gasteiger partial charge on any atom is 0.220 e. The fraction of sp³-hybridized carbons (Fsp3) is 0.533. The average molecular weight is 278 g/mol. The first-order valence-corrected chi connectivity index (χ1v) is 7.87. The summed E-state index contributed by atoms with van der Waals surface area (Å²) in [5.41, 5.74) is 5.87. The van der Waals surface area contributed by atoms with Crippen LogP contribution >= 0.6 is 11.8 Å². The van der Waals surface area contributed by atoms with Crippen LogP contribution in [0.5, 0.6) is 0 Å². The molecule has 1 aliphatic carbocycles. The third-order valence-corrected chi connectivity index (χ3v) is 4.83. The summed E-state index contributed by atoms with van der Waals surface area (Å²) in [7, 11) is 0. The standard InChI is InChI=1S/C15H22N2OS/c16-12-15(7-4-8-15)11-14(18)17-9-10-19-13-5-2-1-3-6-13/h1-3,5-6H,4,7-12,16H2,(H,17,18). The molecule has 0 radical (unpaired) electrons. The van der Waals surface area contributed by atoms with Crippen molar-refractivity contribution < 1.29 is 4.79 Å². The van der Waals surface area contributed by atoms with Gasteiger partial charge in [0.15, 0.2) is 0 Å². The molecular formula is C15H22N2OS. The number of rotatable bonds is 7. The van der Waals surface area contributed by atoms with Crippen molar-refractivity contribution in [2.45, 2.75) is 30.6 Å². The van der Waals surface area contributed by atoms with Gasteiger partial charge in [-0.3, -0.25) is 4.79 Å². The summed E-state index contributed by atoms with van der Waals surface area (Å²) in [4.78, 5) is 13.1. The van der Waals surface area contributed by atoms with Gasteiger partial charge in [0.05, 0.1) is 0 Å². The lowest BCUT2D eigenvalue weighted by Crippen LogP contribution is -2.42. The zero-order valence-electron chi connectivity index (χ0n) is 11.2. The predicted octanol–water partition coefficient (Wildman–Crippen LogP) is 2.41. The van der Waals surface area contributed by atoms with Crippen LogP contribution in [0.1, 0.15) is 25.7 Å². The molecule has 1 saturated carbocycles. The molecule has 2 rings (SSSR count). The summed E-state index contributed by atoms with van der Waals surface area (Å²) < 4.78 is 0. The molecule has 1 aromatic rings. The first-order chi connectivity index (χ1) is 9.24. The van der Waals surface area contributed by atoms with E-state index in [1.165, 1.54) is 11.3 Å². The van der Waals surface area contributed by atoms with Crippen molar-refractivity contribution >= 4 is 17.7 Å². The minimum atomic E-state index is 0.108. The molecular weight excluding hydrogens is 256 g/mol. The molecule has 0 unspecified atom stereocenters. The third-order valence-electron chi connectivity index (χ3n) is 3.82. The molecule has 1 fully saturated rings. The van der Waals surface area contributed by atoms with Crippen LogP contribution in [0, 0.1) is 5.41 Å². The molecule has 1 aromatic carbocycles. The topological polar surface area (TPSA) is 55.1 Å². The lowest BCUT2D eigenvalue weighted by atomic mass is 9.66. The van der Waals surface area contributed by atoms with E-state index in [1.54, 1.807) is 11.8 Å². The Morgan fingerprint density at radius 1 is 1.32 bits per heavy atom. The number of thioether (sulfide) groups is 1. The van der Waals surface area contributed by atoms with E-state index in [-0.39, 0.29) is 11.3 Å². The lowest BCUT2D eigenvalue weighted by molar-refractivity contribution is -0.124. The second-order valence-electron chi connectivity index (χ2n) is 5.25. The number of hydrogen-bond donors (Lipinski definition) is 2. The minimum absolute atomic E-state index is 0.108. The molecule has 3 nitrogen and oxygen atoms in total. The smallest absolute Gasteiger partial charge is 0.220 e. The normalized spacial score (nSPS) is 16.7. The van der Waals surface area contributed by atoms with Gasteiger partial charge in [0.2, 0.25) is 5.91 Å². The average Bonchev–Trinajstić information content (AvgIpc) is 2.40. The van der Waals surface area contributed by atoms with E-state index >= 15 is 0 Å². The number of nitrogens with two attached hydrogens (primary N) is 1. The quantitative estimate of drug-likeness (QED) is 0.595. The molecule has 0 saturated heterocycles. The Morgan fingerprint density at radius 2 is 2.05 bits per heavy atom. The van der Waals surface area contributed by atoms with Crippen LogP contribution in [0.3, 0.4) is 0 Å². The SMILES string of the molecule is NCC1(CC(=O)NCCSc2ccccc2)CCC1. The fourth-order valence-electron chi connectivity index (χ4n) is 2.41. The van der Waals surface area contributed by atoms with Crippen molar-refractivity contribution in [1.82, 2.24) is 5.32 Å². The zero-order valence-corrected chi connectivity index (χ0v) is 12.0. The van der Waals surface area contributed by atoms with E-state index in [9.17, 15) is 4.79 Å². The summed E-state index contributed by atoms with van der Waals surface area (Å²) in [5, 5.41) is 3.00. The van der Waals surface area contributed by atoms with Gasteiger partial charge in [-0.1, -0.05) is 24.6 Å². The first-order valence-electron chi connectivity index (χ1n) is 6.89. The Labute approximate surface area is 119 Å². The lowest BCUT2D eigenvalue weighted by Gasteiger charge is -2.40. The van der Waals surface area contributed by atoms with E-state index < -0.39 is 0 Å². The maximum absolute atomic E-state index is 11.8. The van der Waals surface area contributed by atoms with Crippen LogP contribution < -0.4 is 11.1 Å². The van der Waals surface area contributed by atoms with E-state index in [2.05, 4.69) is 17.4 Å². The molecule has 1 amide bonds. The van der Waals surface area contributed by atoms with Gasteiger partial charge in [-0.2, -0.15) is 0 Å². The van der Waals surface area contributed by atoms with Gasteiger partial charge in [-0.05, 0) is 36.9 Å². The van der Waals surface area contributed by atoms with Crippen LogP contribution in [-0.2, 0) is 4.79 Å². The molecule has 0 aromatic heterocycles. The van der Waals surface area contributed by atoms with Crippen molar-refractivity contribution in [1.29, 1.82) is 0 Å². The van der Waals surface area contributed by atoms with E-state index in [4.69, 9.17) is 5.73 Å². The maximum atomic E-state index is 11.8. The summed E-state index contributed by atoms with van der Waals surface area (Å²) in [6, 6.07) is 10.2. The van der Waals surface area contributed by atoms with Gasteiger partial charge in [0.25, 0.3) is 0 Å². The Hall–Kier alpha value is -1.00. The van der Waals surface area contributed by atoms with Gasteiger partial charge in [-0.25, -0.2) is 0 Å². The van der Waals surface area contributed by atoms with E-state index in [0.717, 1.165) is 25.1 Å². The summed E-state index contributed by atoms with van der Waals surface area (Å²) >= 11 is 1.77. The summed E-state index contributed by atoms with van der Waals surface area (Å²) in [6.45, 7) is 1.36. The van der Waals surface area contributed by atoms with Gasteiger partial charge < -0.3 is 11.1 Å². The molecule has 0 spiro atoms. The predicted molar refractivity (Wildman–Crippen MR) is 80.1 cm³/mol. The number of nitrogens with one attached hydrogen (secondary N) is 1. The van der Waals surface area contributed by atoms with Crippen molar-refractivity contribution in [2.75, 3.05) is 18.8 Å². The highest BCUT2D eigenvalue weighted by Gasteiger charge is 2.37. The Bertz CT molecular complexity index is 398. The third kappa shape index (κ3) is 4.25.